The number of nitrogens with zero attached hydrogens (tertiary/aromatic N) is 1. The van der Waals surface area contributed by atoms with Gasteiger partial charge in [-0.15, -0.1) is 24.0 Å². The Bertz CT molecular complexity index is 292. The van der Waals surface area contributed by atoms with E-state index in [1.807, 2.05) is 11.8 Å². The van der Waals surface area contributed by atoms with Crippen LogP contribution in [-0.4, -0.2) is 43.3 Å². The molecule has 112 valence electrons. The first kappa shape index (κ1) is 17.4. The minimum Gasteiger partial charge on any atom is -0.381 e. The molecule has 0 aromatic carbocycles. The topological polar surface area (TPSA) is 59.6 Å². The molecule has 6 heteroatoms. The van der Waals surface area contributed by atoms with Gasteiger partial charge in [-0.3, -0.25) is 4.99 Å². The van der Waals surface area contributed by atoms with E-state index in [1.165, 1.54) is 19.3 Å². The molecule has 1 heterocycles. The van der Waals surface area contributed by atoms with Crippen molar-refractivity contribution < 1.29 is 4.74 Å². The number of nitrogens with one attached hydrogen (secondary N) is 1. The molecule has 1 saturated carbocycles. The van der Waals surface area contributed by atoms with E-state index >= 15 is 0 Å². The van der Waals surface area contributed by atoms with Crippen LogP contribution in [-0.2, 0) is 4.74 Å². The molecule has 1 aliphatic carbocycles. The number of guanidine groups is 1. The zero-order valence-electron chi connectivity index (χ0n) is 11.7. The average Bonchev–Trinajstić information content (AvgIpc) is 2.36. The fraction of sp³-hybridized carbons (Fsp3) is 0.923. The van der Waals surface area contributed by atoms with Crippen LogP contribution in [0.3, 0.4) is 0 Å². The van der Waals surface area contributed by atoms with Crippen molar-refractivity contribution in [3.63, 3.8) is 0 Å². The maximum atomic E-state index is 5.93. The summed E-state index contributed by atoms with van der Waals surface area (Å²) in [5.41, 5.74) is 5.93. The van der Waals surface area contributed by atoms with E-state index in [2.05, 4.69) is 16.6 Å². The number of thioether (sulfide) groups is 1. The van der Waals surface area contributed by atoms with Crippen molar-refractivity contribution in [2.75, 3.05) is 32.6 Å². The summed E-state index contributed by atoms with van der Waals surface area (Å²) < 4.78 is 5.66. The average molecular weight is 399 g/mol. The molecule has 0 unspecified atom stereocenters. The molecular weight excluding hydrogens is 373 g/mol. The Morgan fingerprint density at radius 3 is 2.63 bits per heavy atom. The van der Waals surface area contributed by atoms with Gasteiger partial charge in [0.25, 0.3) is 0 Å². The minimum atomic E-state index is 0. The van der Waals surface area contributed by atoms with E-state index in [1.54, 1.807) is 0 Å². The molecule has 0 aromatic heterocycles. The van der Waals surface area contributed by atoms with Crippen LogP contribution in [0.4, 0.5) is 0 Å². The molecule has 1 saturated heterocycles. The van der Waals surface area contributed by atoms with Gasteiger partial charge in [0.2, 0.25) is 0 Å². The van der Waals surface area contributed by atoms with Crippen molar-refractivity contribution >= 4 is 41.7 Å². The van der Waals surface area contributed by atoms with Gasteiger partial charge in [0.1, 0.15) is 0 Å². The monoisotopic (exact) mass is 399 g/mol. The van der Waals surface area contributed by atoms with Gasteiger partial charge in [0.15, 0.2) is 5.96 Å². The van der Waals surface area contributed by atoms with E-state index in [-0.39, 0.29) is 28.7 Å². The summed E-state index contributed by atoms with van der Waals surface area (Å²) in [6.07, 6.45) is 8.37. The Morgan fingerprint density at radius 2 is 2.11 bits per heavy atom. The molecule has 2 aliphatic rings. The number of hydrogen-bond donors (Lipinski definition) is 2. The first-order valence-electron chi connectivity index (χ1n) is 6.91. The van der Waals surface area contributed by atoms with Gasteiger partial charge >= 0.3 is 0 Å². The van der Waals surface area contributed by atoms with Crippen molar-refractivity contribution in [3.05, 3.63) is 0 Å². The third-order valence-corrected chi connectivity index (χ3v) is 5.57. The highest BCUT2D eigenvalue weighted by Crippen LogP contribution is 2.33. The third kappa shape index (κ3) is 5.30. The normalized spacial score (nSPS) is 23.3. The number of halogens is 1. The van der Waals surface area contributed by atoms with Crippen LogP contribution in [0.15, 0.2) is 4.99 Å². The molecule has 0 bridgehead atoms. The third-order valence-electron chi connectivity index (χ3n) is 4.17. The summed E-state index contributed by atoms with van der Waals surface area (Å²) in [6.45, 7) is 3.50. The van der Waals surface area contributed by atoms with Crippen LogP contribution < -0.4 is 11.1 Å². The molecule has 0 atom stereocenters. The summed E-state index contributed by atoms with van der Waals surface area (Å²) in [7, 11) is 0. The highest BCUT2D eigenvalue weighted by atomic mass is 127. The standard InChI is InChI=1S/C13H25N3OS.HI/c1-18-13(5-7-17-8-6-13)10-16-12(14)15-9-11-3-2-4-11;/h11H,2-10H2,1H3,(H3,14,15,16);1H. The first-order valence-corrected chi connectivity index (χ1v) is 8.13. The second-order valence-electron chi connectivity index (χ2n) is 5.38. The number of hydrogen-bond acceptors (Lipinski definition) is 3. The molecule has 3 N–H and O–H groups in total. The number of nitrogens with two attached hydrogens (primary N) is 1. The van der Waals surface area contributed by atoms with Crippen molar-refractivity contribution in [1.29, 1.82) is 0 Å². The quantitative estimate of drug-likeness (QED) is 0.423. The first-order chi connectivity index (χ1) is 8.74. The predicted octanol–water partition coefficient (Wildman–Crippen LogP) is 2.22. The molecule has 2 rings (SSSR count). The zero-order chi connectivity index (χ0) is 12.8. The van der Waals surface area contributed by atoms with Gasteiger partial charge < -0.3 is 15.8 Å². The molecule has 0 radical (unpaired) electrons. The Morgan fingerprint density at radius 1 is 1.42 bits per heavy atom. The second kappa shape index (κ2) is 8.56. The zero-order valence-corrected chi connectivity index (χ0v) is 14.8. The Kier molecular flexibility index (Phi) is 7.83. The number of rotatable bonds is 5. The molecule has 0 aromatic rings. The summed E-state index contributed by atoms with van der Waals surface area (Å²) in [5, 5.41) is 3.25. The molecule has 0 amide bonds. The molecule has 1 aliphatic heterocycles. The molecule has 19 heavy (non-hydrogen) atoms. The van der Waals surface area contributed by atoms with Gasteiger partial charge in [0.05, 0.1) is 6.54 Å². The summed E-state index contributed by atoms with van der Waals surface area (Å²) in [6, 6.07) is 0. The number of ether oxygens (including phenoxy) is 1. The van der Waals surface area contributed by atoms with Crippen molar-refractivity contribution in [2.45, 2.75) is 36.9 Å². The van der Waals surface area contributed by atoms with Crippen molar-refractivity contribution in [2.24, 2.45) is 16.6 Å². The largest absolute Gasteiger partial charge is 0.381 e. The van der Waals surface area contributed by atoms with Crippen LogP contribution in [0.2, 0.25) is 0 Å². The lowest BCUT2D eigenvalue weighted by Gasteiger charge is -2.34. The second-order valence-corrected chi connectivity index (χ2v) is 6.65. The van der Waals surface area contributed by atoms with Gasteiger partial charge in [-0.05, 0) is 37.9 Å². The van der Waals surface area contributed by atoms with Crippen LogP contribution in [0.1, 0.15) is 32.1 Å². The maximum Gasteiger partial charge on any atom is 0.188 e. The van der Waals surface area contributed by atoms with Crippen molar-refractivity contribution in [1.82, 2.24) is 5.32 Å². The summed E-state index contributed by atoms with van der Waals surface area (Å²) in [4.78, 5) is 4.53. The predicted molar refractivity (Wildman–Crippen MR) is 93.5 cm³/mol. The molecular formula is C13H26IN3OS. The van der Waals surface area contributed by atoms with Crippen LogP contribution >= 0.6 is 35.7 Å². The van der Waals surface area contributed by atoms with Crippen LogP contribution in [0, 0.1) is 5.92 Å². The lowest BCUT2D eigenvalue weighted by molar-refractivity contribution is 0.0794. The summed E-state index contributed by atoms with van der Waals surface area (Å²) >= 11 is 1.90. The van der Waals surface area contributed by atoms with E-state index in [9.17, 15) is 0 Å². The fourth-order valence-corrected chi connectivity index (χ4v) is 3.17. The fourth-order valence-electron chi connectivity index (χ4n) is 2.40. The van der Waals surface area contributed by atoms with Gasteiger partial charge in [-0.25, -0.2) is 0 Å². The van der Waals surface area contributed by atoms with E-state index < -0.39 is 0 Å². The van der Waals surface area contributed by atoms with Gasteiger partial charge in [0, 0.05) is 24.5 Å². The smallest absolute Gasteiger partial charge is 0.188 e. The molecule has 4 nitrogen and oxygen atoms in total. The van der Waals surface area contributed by atoms with Crippen LogP contribution in [0.25, 0.3) is 0 Å². The Hall–Kier alpha value is 0.310. The van der Waals surface area contributed by atoms with E-state index in [0.29, 0.717) is 5.96 Å². The van der Waals surface area contributed by atoms with E-state index in [0.717, 1.165) is 45.1 Å². The van der Waals surface area contributed by atoms with Crippen molar-refractivity contribution in [3.8, 4) is 0 Å². The molecule has 0 spiro atoms. The lowest BCUT2D eigenvalue weighted by atomic mass is 9.85. The minimum absolute atomic E-state index is 0. The van der Waals surface area contributed by atoms with Gasteiger partial charge in [-0.2, -0.15) is 11.8 Å². The highest BCUT2D eigenvalue weighted by molar-refractivity contribution is 14.0. The van der Waals surface area contributed by atoms with Gasteiger partial charge in [-0.1, -0.05) is 6.42 Å². The maximum absolute atomic E-state index is 5.93. The summed E-state index contributed by atoms with van der Waals surface area (Å²) in [5.74, 6) is 1.43. The molecule has 2 fully saturated rings. The lowest BCUT2D eigenvalue weighted by Crippen LogP contribution is -2.40. The van der Waals surface area contributed by atoms with Crippen LogP contribution in [0.5, 0.6) is 0 Å². The highest BCUT2D eigenvalue weighted by Gasteiger charge is 2.31. The Labute approximate surface area is 137 Å². The number of aliphatic imine (C=N–C) groups is 1. The Balaban J connectivity index is 0.00000180. The van der Waals surface area contributed by atoms with E-state index in [4.69, 9.17) is 10.5 Å². The SMILES string of the molecule is CSC1(CN=C(N)NCC2CCC2)CCOCC1.I.